The molecule has 2 heterocycles. The predicted octanol–water partition coefficient (Wildman–Crippen LogP) is 3.20. The Morgan fingerprint density at radius 1 is 1.20 bits per heavy atom. The number of benzene rings is 1. The van der Waals surface area contributed by atoms with Gasteiger partial charge in [0.2, 0.25) is 0 Å². The molecule has 102 valence electrons. The van der Waals surface area contributed by atoms with Crippen molar-refractivity contribution >= 4 is 16.9 Å². The molecule has 0 saturated carbocycles. The zero-order chi connectivity index (χ0) is 14.1. The first-order valence-corrected chi connectivity index (χ1v) is 6.83. The zero-order valence-electron chi connectivity index (χ0n) is 11.7. The molecule has 0 aliphatic carbocycles. The van der Waals surface area contributed by atoms with Crippen molar-refractivity contribution in [1.29, 1.82) is 0 Å². The van der Waals surface area contributed by atoms with Crippen LogP contribution in [0.25, 0.3) is 16.9 Å². The molecule has 3 aromatic rings. The number of hydrogen-bond acceptors (Lipinski definition) is 3. The lowest BCUT2D eigenvalue weighted by Gasteiger charge is -2.10. The maximum absolute atomic E-state index is 5.81. The Kier molecular flexibility index (Phi) is 3.14. The number of hydrogen-bond donors (Lipinski definition) is 1. The van der Waals surface area contributed by atoms with Crippen LogP contribution in [0.5, 0.6) is 0 Å². The zero-order valence-corrected chi connectivity index (χ0v) is 11.7. The third-order valence-corrected chi connectivity index (χ3v) is 3.19. The van der Waals surface area contributed by atoms with E-state index in [4.69, 9.17) is 10.7 Å². The van der Waals surface area contributed by atoms with Gasteiger partial charge in [-0.25, -0.2) is 9.97 Å². The lowest BCUT2D eigenvalue weighted by atomic mass is 10.1. The normalized spacial score (nSPS) is 11.3. The minimum absolute atomic E-state index is 0.534. The Bertz CT molecular complexity index is 729. The monoisotopic (exact) mass is 266 g/mol. The average Bonchev–Trinajstić information content (AvgIpc) is 2.75. The third kappa shape index (κ3) is 2.25. The van der Waals surface area contributed by atoms with E-state index < -0.39 is 0 Å². The maximum Gasteiger partial charge on any atom is 0.164 e. The molecule has 4 nitrogen and oxygen atoms in total. The van der Waals surface area contributed by atoms with Gasteiger partial charge in [0.15, 0.2) is 5.65 Å². The highest BCUT2D eigenvalue weighted by Gasteiger charge is 2.14. The van der Waals surface area contributed by atoms with Crippen molar-refractivity contribution < 1.29 is 0 Å². The summed E-state index contributed by atoms with van der Waals surface area (Å²) in [4.78, 5) is 9.17. The maximum atomic E-state index is 5.81. The summed E-state index contributed by atoms with van der Waals surface area (Å²) in [6.45, 7) is 4.38. The number of fused-ring (bicyclic) bond motifs is 1. The average molecular weight is 266 g/mol. The topological polar surface area (TPSA) is 56.7 Å². The molecule has 1 aromatic carbocycles. The van der Waals surface area contributed by atoms with Crippen LogP contribution in [0.2, 0.25) is 0 Å². The van der Waals surface area contributed by atoms with Gasteiger partial charge in [-0.1, -0.05) is 32.0 Å². The van der Waals surface area contributed by atoms with Crippen LogP contribution in [0.15, 0.2) is 42.6 Å². The van der Waals surface area contributed by atoms with Crippen LogP contribution >= 0.6 is 0 Å². The molecule has 0 unspecified atom stereocenters. The summed E-state index contributed by atoms with van der Waals surface area (Å²) in [6, 6.07) is 12.1. The number of nitrogens with two attached hydrogens (primary N) is 1. The Hall–Kier alpha value is -2.36. The Morgan fingerprint density at radius 2 is 1.95 bits per heavy atom. The number of rotatable bonds is 3. The van der Waals surface area contributed by atoms with Crippen molar-refractivity contribution in [2.24, 2.45) is 5.92 Å². The van der Waals surface area contributed by atoms with Crippen molar-refractivity contribution in [3.8, 4) is 5.69 Å². The summed E-state index contributed by atoms with van der Waals surface area (Å²) < 4.78 is 2.12. The SMILES string of the molecule is CC(C)Cc1nc2cc(N)cnc2n1-c1ccccc1. The fourth-order valence-electron chi connectivity index (χ4n) is 2.38. The molecule has 0 bridgehead atoms. The van der Waals surface area contributed by atoms with Crippen LogP contribution in [-0.4, -0.2) is 14.5 Å². The number of para-hydroxylation sites is 1. The van der Waals surface area contributed by atoms with Gasteiger partial charge in [0.1, 0.15) is 11.3 Å². The van der Waals surface area contributed by atoms with Crippen molar-refractivity contribution in [3.63, 3.8) is 0 Å². The molecule has 3 rings (SSSR count). The van der Waals surface area contributed by atoms with E-state index in [-0.39, 0.29) is 0 Å². The largest absolute Gasteiger partial charge is 0.397 e. The molecule has 2 N–H and O–H groups in total. The summed E-state index contributed by atoms with van der Waals surface area (Å²) in [5.74, 6) is 1.56. The lowest BCUT2D eigenvalue weighted by molar-refractivity contribution is 0.616. The molecule has 0 amide bonds. The van der Waals surface area contributed by atoms with Crippen LogP contribution < -0.4 is 5.73 Å². The van der Waals surface area contributed by atoms with Gasteiger partial charge in [-0.2, -0.15) is 0 Å². The third-order valence-electron chi connectivity index (χ3n) is 3.19. The second kappa shape index (κ2) is 4.96. The quantitative estimate of drug-likeness (QED) is 0.792. The number of pyridine rings is 1. The van der Waals surface area contributed by atoms with Crippen molar-refractivity contribution in [2.75, 3.05) is 5.73 Å². The van der Waals surface area contributed by atoms with E-state index in [0.29, 0.717) is 11.6 Å². The highest BCUT2D eigenvalue weighted by atomic mass is 15.1. The molecule has 2 aromatic heterocycles. The van der Waals surface area contributed by atoms with Crippen LogP contribution in [0.4, 0.5) is 5.69 Å². The van der Waals surface area contributed by atoms with Crippen LogP contribution in [0.1, 0.15) is 19.7 Å². The number of nitrogen functional groups attached to an aromatic ring is 1. The number of imidazole rings is 1. The molecular weight excluding hydrogens is 248 g/mol. The summed E-state index contributed by atoms with van der Waals surface area (Å²) in [7, 11) is 0. The van der Waals surface area contributed by atoms with Gasteiger partial charge in [0, 0.05) is 12.1 Å². The molecule has 20 heavy (non-hydrogen) atoms. The number of aromatic nitrogens is 3. The highest BCUT2D eigenvalue weighted by Crippen LogP contribution is 2.22. The molecule has 0 saturated heterocycles. The Balaban J connectivity index is 2.26. The van der Waals surface area contributed by atoms with Gasteiger partial charge in [-0.15, -0.1) is 0 Å². The second-order valence-corrected chi connectivity index (χ2v) is 5.41. The highest BCUT2D eigenvalue weighted by molar-refractivity contribution is 5.77. The van der Waals surface area contributed by atoms with Crippen molar-refractivity contribution in [1.82, 2.24) is 14.5 Å². The fourth-order valence-corrected chi connectivity index (χ4v) is 2.38. The minimum Gasteiger partial charge on any atom is -0.397 e. The van der Waals surface area contributed by atoms with Gasteiger partial charge in [0.25, 0.3) is 0 Å². The predicted molar refractivity (Wildman–Crippen MR) is 81.8 cm³/mol. The number of nitrogens with zero attached hydrogens (tertiary/aromatic N) is 3. The van der Waals surface area contributed by atoms with Gasteiger partial charge >= 0.3 is 0 Å². The van der Waals surface area contributed by atoms with Crippen molar-refractivity contribution in [3.05, 3.63) is 48.4 Å². The van der Waals surface area contributed by atoms with Gasteiger partial charge in [-0.05, 0) is 24.1 Å². The molecule has 0 radical (unpaired) electrons. The van der Waals surface area contributed by atoms with Gasteiger partial charge in [0.05, 0.1) is 11.9 Å². The molecular formula is C16H18N4. The van der Waals surface area contributed by atoms with Crippen molar-refractivity contribution in [2.45, 2.75) is 20.3 Å². The van der Waals surface area contributed by atoms with Crippen LogP contribution in [0.3, 0.4) is 0 Å². The molecule has 4 heteroatoms. The first-order valence-electron chi connectivity index (χ1n) is 6.83. The standard InChI is InChI=1S/C16H18N4/c1-11(2)8-15-19-14-9-12(17)10-18-16(14)20(15)13-6-4-3-5-7-13/h3-7,9-11H,8,17H2,1-2H3. The summed E-state index contributed by atoms with van der Waals surface area (Å²) in [5, 5.41) is 0. The van der Waals surface area contributed by atoms with E-state index in [0.717, 1.165) is 29.1 Å². The molecule has 0 atom stereocenters. The summed E-state index contributed by atoms with van der Waals surface area (Å²) in [6.07, 6.45) is 2.59. The van der Waals surface area contributed by atoms with Crippen LogP contribution in [0, 0.1) is 5.92 Å². The van der Waals surface area contributed by atoms with E-state index >= 15 is 0 Å². The molecule has 0 aliphatic rings. The van der Waals surface area contributed by atoms with Crippen LogP contribution in [-0.2, 0) is 6.42 Å². The number of anilines is 1. The van der Waals surface area contributed by atoms with E-state index in [2.05, 4.69) is 35.5 Å². The Morgan fingerprint density at radius 3 is 2.65 bits per heavy atom. The van der Waals surface area contributed by atoms with E-state index in [9.17, 15) is 0 Å². The first kappa shape index (κ1) is 12.7. The van der Waals surface area contributed by atoms with E-state index in [1.54, 1.807) is 6.20 Å². The van der Waals surface area contributed by atoms with Gasteiger partial charge < -0.3 is 5.73 Å². The first-order chi connectivity index (χ1) is 9.65. The lowest BCUT2D eigenvalue weighted by Crippen LogP contribution is -2.05. The van der Waals surface area contributed by atoms with Gasteiger partial charge in [-0.3, -0.25) is 4.57 Å². The second-order valence-electron chi connectivity index (χ2n) is 5.41. The summed E-state index contributed by atoms with van der Waals surface area (Å²) >= 11 is 0. The van der Waals surface area contributed by atoms with E-state index in [1.807, 2.05) is 24.3 Å². The van der Waals surface area contributed by atoms with E-state index in [1.165, 1.54) is 0 Å². The summed E-state index contributed by atoms with van der Waals surface area (Å²) in [5.41, 5.74) is 9.26. The molecule has 0 aliphatic heterocycles. The Labute approximate surface area is 118 Å². The minimum atomic E-state index is 0.534. The molecule has 0 fully saturated rings. The fraction of sp³-hybridized carbons (Fsp3) is 0.250. The molecule has 0 spiro atoms. The smallest absolute Gasteiger partial charge is 0.164 e.